The number of guanidine groups is 1. The van der Waals surface area contributed by atoms with Crippen LogP contribution < -0.4 is 10.6 Å². The topological polar surface area (TPSA) is 60.0 Å². The van der Waals surface area contributed by atoms with Crippen LogP contribution >= 0.6 is 0 Å². The zero-order chi connectivity index (χ0) is 19.6. The van der Waals surface area contributed by atoms with E-state index >= 15 is 0 Å². The third kappa shape index (κ3) is 6.82. The van der Waals surface area contributed by atoms with Crippen molar-refractivity contribution in [3.05, 3.63) is 35.6 Å². The van der Waals surface area contributed by atoms with Gasteiger partial charge in [0.2, 0.25) is 5.91 Å². The second-order valence-corrected chi connectivity index (χ2v) is 7.03. The summed E-state index contributed by atoms with van der Waals surface area (Å²) in [4.78, 5) is 20.8. The van der Waals surface area contributed by atoms with Crippen molar-refractivity contribution in [2.75, 3.05) is 40.3 Å². The van der Waals surface area contributed by atoms with Gasteiger partial charge in [-0.25, -0.2) is 9.38 Å². The fourth-order valence-electron chi connectivity index (χ4n) is 3.26. The Labute approximate surface area is 161 Å². The Bertz CT molecular complexity index is 617. The molecule has 1 aromatic carbocycles. The molecule has 0 saturated carbocycles. The van der Waals surface area contributed by atoms with E-state index < -0.39 is 0 Å². The van der Waals surface area contributed by atoms with E-state index in [1.54, 1.807) is 17.0 Å². The van der Waals surface area contributed by atoms with Crippen molar-refractivity contribution in [3.63, 3.8) is 0 Å². The van der Waals surface area contributed by atoms with E-state index in [9.17, 15) is 9.18 Å². The Morgan fingerprint density at radius 2 is 2.04 bits per heavy atom. The Balaban J connectivity index is 1.77. The van der Waals surface area contributed by atoms with Crippen LogP contribution in [0.4, 0.5) is 4.39 Å². The summed E-state index contributed by atoms with van der Waals surface area (Å²) in [5.41, 5.74) is 0.968. The maximum atomic E-state index is 13.0. The standard InChI is InChI=1S/C20H32FN5O/c1-4-22-20(24-15-16-8-10-17(21)11-9-16)23-12-6-14-26-13-5-7-18(26)19(27)25(2)3/h8-11,18H,4-7,12-15H2,1-3H3,(H2,22,23,24). The van der Waals surface area contributed by atoms with Crippen LogP contribution in [0.15, 0.2) is 29.3 Å². The number of nitrogens with zero attached hydrogens (tertiary/aromatic N) is 3. The van der Waals surface area contributed by atoms with Crippen LogP contribution in [-0.2, 0) is 11.3 Å². The monoisotopic (exact) mass is 377 g/mol. The molecule has 1 heterocycles. The highest BCUT2D eigenvalue weighted by atomic mass is 19.1. The highest BCUT2D eigenvalue weighted by Gasteiger charge is 2.30. The molecule has 7 heteroatoms. The van der Waals surface area contributed by atoms with E-state index in [-0.39, 0.29) is 17.8 Å². The lowest BCUT2D eigenvalue weighted by Gasteiger charge is -2.26. The third-order valence-electron chi connectivity index (χ3n) is 4.68. The molecule has 1 amide bonds. The van der Waals surface area contributed by atoms with Crippen LogP contribution in [0.3, 0.4) is 0 Å². The molecule has 0 aliphatic carbocycles. The van der Waals surface area contributed by atoms with Gasteiger partial charge in [0.25, 0.3) is 0 Å². The minimum Gasteiger partial charge on any atom is -0.357 e. The van der Waals surface area contributed by atoms with Crippen LogP contribution in [0.5, 0.6) is 0 Å². The van der Waals surface area contributed by atoms with Crippen molar-refractivity contribution in [2.24, 2.45) is 4.99 Å². The first kappa shape index (κ1) is 21.2. The highest BCUT2D eigenvalue weighted by Crippen LogP contribution is 2.18. The van der Waals surface area contributed by atoms with Gasteiger partial charge in [0.15, 0.2) is 5.96 Å². The minimum absolute atomic E-state index is 0.0281. The zero-order valence-electron chi connectivity index (χ0n) is 16.7. The number of amides is 1. The summed E-state index contributed by atoms with van der Waals surface area (Å²) in [5.74, 6) is 0.722. The van der Waals surface area contributed by atoms with Crippen molar-refractivity contribution < 1.29 is 9.18 Å². The molecule has 150 valence electrons. The number of rotatable bonds is 8. The van der Waals surface area contributed by atoms with Gasteiger partial charge < -0.3 is 15.5 Å². The Morgan fingerprint density at radius 1 is 1.30 bits per heavy atom. The van der Waals surface area contributed by atoms with Gasteiger partial charge in [0.05, 0.1) is 12.6 Å². The van der Waals surface area contributed by atoms with Gasteiger partial charge in [-0.2, -0.15) is 0 Å². The van der Waals surface area contributed by atoms with Crippen LogP contribution in [0.25, 0.3) is 0 Å². The summed E-state index contributed by atoms with van der Waals surface area (Å²) in [6.45, 7) is 5.98. The molecule has 1 atom stereocenters. The predicted octanol–water partition coefficient (Wildman–Crippen LogP) is 1.82. The molecule has 2 rings (SSSR count). The van der Waals surface area contributed by atoms with Crippen LogP contribution in [0.1, 0.15) is 31.7 Å². The molecule has 0 bridgehead atoms. The van der Waals surface area contributed by atoms with Crippen molar-refractivity contribution in [1.82, 2.24) is 20.4 Å². The van der Waals surface area contributed by atoms with E-state index in [2.05, 4.69) is 20.5 Å². The average molecular weight is 378 g/mol. The second kappa shape index (κ2) is 10.9. The normalized spacial score (nSPS) is 17.8. The quantitative estimate of drug-likeness (QED) is 0.412. The molecule has 1 saturated heterocycles. The molecular weight excluding hydrogens is 345 g/mol. The lowest BCUT2D eigenvalue weighted by Crippen LogP contribution is -2.44. The van der Waals surface area contributed by atoms with E-state index in [0.717, 1.165) is 57.0 Å². The third-order valence-corrected chi connectivity index (χ3v) is 4.68. The van der Waals surface area contributed by atoms with Gasteiger partial charge in [-0.3, -0.25) is 9.69 Å². The van der Waals surface area contributed by atoms with E-state index in [4.69, 9.17) is 0 Å². The van der Waals surface area contributed by atoms with Crippen LogP contribution in [0, 0.1) is 5.82 Å². The maximum absolute atomic E-state index is 13.0. The lowest BCUT2D eigenvalue weighted by molar-refractivity contribution is -0.133. The molecule has 1 unspecified atom stereocenters. The van der Waals surface area contributed by atoms with E-state index in [1.807, 2.05) is 21.0 Å². The maximum Gasteiger partial charge on any atom is 0.239 e. The molecule has 1 fully saturated rings. The van der Waals surface area contributed by atoms with E-state index in [0.29, 0.717) is 6.54 Å². The Hall–Kier alpha value is -2.15. The van der Waals surface area contributed by atoms with Crippen molar-refractivity contribution >= 4 is 11.9 Å². The Kier molecular flexibility index (Phi) is 8.51. The molecule has 0 aromatic heterocycles. The summed E-state index contributed by atoms with van der Waals surface area (Å²) < 4.78 is 13.0. The summed E-state index contributed by atoms with van der Waals surface area (Å²) in [6.07, 6.45) is 2.98. The van der Waals surface area contributed by atoms with Gasteiger partial charge in [-0.1, -0.05) is 12.1 Å². The summed E-state index contributed by atoms with van der Waals surface area (Å²) in [7, 11) is 3.64. The molecular formula is C20H32FN5O. The first-order valence-corrected chi connectivity index (χ1v) is 9.73. The molecule has 2 N–H and O–H groups in total. The lowest BCUT2D eigenvalue weighted by atomic mass is 10.2. The van der Waals surface area contributed by atoms with Gasteiger partial charge in [0.1, 0.15) is 5.82 Å². The summed E-state index contributed by atoms with van der Waals surface area (Å²) in [5, 5.41) is 6.56. The number of hydrogen-bond donors (Lipinski definition) is 2. The first-order chi connectivity index (χ1) is 13.0. The van der Waals surface area contributed by atoms with Gasteiger partial charge in [0, 0.05) is 33.7 Å². The molecule has 0 spiro atoms. The smallest absolute Gasteiger partial charge is 0.239 e. The predicted molar refractivity (Wildman–Crippen MR) is 107 cm³/mol. The summed E-state index contributed by atoms with van der Waals surface area (Å²) >= 11 is 0. The van der Waals surface area contributed by atoms with Crippen molar-refractivity contribution in [2.45, 2.75) is 38.8 Å². The molecule has 1 aliphatic heterocycles. The summed E-state index contributed by atoms with van der Waals surface area (Å²) in [6, 6.07) is 6.43. The second-order valence-electron chi connectivity index (χ2n) is 7.03. The fourth-order valence-corrected chi connectivity index (χ4v) is 3.26. The average Bonchev–Trinajstić information content (AvgIpc) is 3.12. The highest BCUT2D eigenvalue weighted by molar-refractivity contribution is 5.81. The number of likely N-dealkylation sites (tertiary alicyclic amines) is 1. The molecule has 1 aromatic rings. The number of nitrogens with one attached hydrogen (secondary N) is 2. The zero-order valence-corrected chi connectivity index (χ0v) is 16.7. The number of aliphatic imine (C=N–C) groups is 1. The fraction of sp³-hybridized carbons (Fsp3) is 0.600. The number of halogens is 1. The van der Waals surface area contributed by atoms with Crippen LogP contribution in [-0.4, -0.2) is 68.0 Å². The number of hydrogen-bond acceptors (Lipinski definition) is 3. The van der Waals surface area contributed by atoms with Crippen molar-refractivity contribution in [3.8, 4) is 0 Å². The Morgan fingerprint density at radius 3 is 2.70 bits per heavy atom. The molecule has 1 aliphatic rings. The van der Waals surface area contributed by atoms with Gasteiger partial charge in [-0.15, -0.1) is 0 Å². The SMILES string of the molecule is CCNC(=NCc1ccc(F)cc1)NCCCN1CCCC1C(=O)N(C)C. The number of benzene rings is 1. The molecule has 0 radical (unpaired) electrons. The van der Waals surface area contributed by atoms with Crippen molar-refractivity contribution in [1.29, 1.82) is 0 Å². The molecule has 6 nitrogen and oxygen atoms in total. The van der Waals surface area contributed by atoms with Crippen LogP contribution in [0.2, 0.25) is 0 Å². The number of carbonyl (C=O) groups is 1. The number of carbonyl (C=O) groups excluding carboxylic acids is 1. The molecule has 27 heavy (non-hydrogen) atoms. The van der Waals surface area contributed by atoms with E-state index in [1.165, 1.54) is 12.1 Å². The number of likely N-dealkylation sites (N-methyl/N-ethyl adjacent to an activating group) is 1. The van der Waals surface area contributed by atoms with Gasteiger partial charge in [-0.05, 0) is 50.4 Å². The minimum atomic E-state index is -0.235. The van der Waals surface area contributed by atoms with Gasteiger partial charge >= 0.3 is 0 Å². The largest absolute Gasteiger partial charge is 0.357 e. The first-order valence-electron chi connectivity index (χ1n) is 9.73.